The van der Waals surface area contributed by atoms with E-state index in [9.17, 15) is 0 Å². The highest BCUT2D eigenvalue weighted by atomic mass is 14.5. The molecule has 0 aromatic carbocycles. The summed E-state index contributed by atoms with van der Waals surface area (Å²) in [5.41, 5.74) is 11.0. The topological polar surface area (TPSA) is 26.0 Å². The van der Waals surface area contributed by atoms with Gasteiger partial charge in [0.05, 0.1) is 0 Å². The maximum absolute atomic E-state index is 5.33. The standard InChI is InChI=1S/C10H15N/c1-9-5-2-3-6-10(9)7-4-8-11/h4H,1-3,5-6,8,11H2. The molecule has 0 spiro atoms. The minimum absolute atomic E-state index is 0.580. The van der Waals surface area contributed by atoms with E-state index in [2.05, 4.69) is 12.3 Å². The van der Waals surface area contributed by atoms with Gasteiger partial charge in [0.15, 0.2) is 0 Å². The van der Waals surface area contributed by atoms with Crippen LogP contribution in [-0.2, 0) is 0 Å². The molecule has 60 valence electrons. The Morgan fingerprint density at radius 2 is 2.18 bits per heavy atom. The predicted molar refractivity (Wildman–Crippen MR) is 48.3 cm³/mol. The quantitative estimate of drug-likeness (QED) is 0.568. The summed E-state index contributed by atoms with van der Waals surface area (Å²) in [4.78, 5) is 0. The van der Waals surface area contributed by atoms with Crippen LogP contribution in [0, 0.1) is 0 Å². The van der Waals surface area contributed by atoms with Crippen LogP contribution in [0.3, 0.4) is 0 Å². The average Bonchev–Trinajstić information content (AvgIpc) is 2.03. The summed E-state index contributed by atoms with van der Waals surface area (Å²) in [5.74, 6) is 0. The minimum atomic E-state index is 0.580. The van der Waals surface area contributed by atoms with Crippen molar-refractivity contribution in [1.82, 2.24) is 0 Å². The fourth-order valence-electron chi connectivity index (χ4n) is 1.32. The molecule has 1 aliphatic carbocycles. The Labute approximate surface area is 68.3 Å². The lowest BCUT2D eigenvalue weighted by molar-refractivity contribution is 0.681. The zero-order valence-electron chi connectivity index (χ0n) is 6.90. The van der Waals surface area contributed by atoms with Crippen molar-refractivity contribution in [2.24, 2.45) is 5.73 Å². The van der Waals surface area contributed by atoms with Crippen LogP contribution < -0.4 is 5.73 Å². The highest BCUT2D eigenvalue weighted by Crippen LogP contribution is 2.25. The van der Waals surface area contributed by atoms with Gasteiger partial charge in [0, 0.05) is 6.54 Å². The van der Waals surface area contributed by atoms with E-state index in [0.29, 0.717) is 6.54 Å². The van der Waals surface area contributed by atoms with E-state index in [1.165, 1.54) is 24.0 Å². The van der Waals surface area contributed by atoms with Crippen molar-refractivity contribution < 1.29 is 0 Å². The molecule has 2 N–H and O–H groups in total. The second-order valence-corrected chi connectivity index (χ2v) is 2.87. The molecule has 0 radical (unpaired) electrons. The Balaban J connectivity index is 2.68. The van der Waals surface area contributed by atoms with Gasteiger partial charge in [0.25, 0.3) is 0 Å². The maximum atomic E-state index is 5.33. The van der Waals surface area contributed by atoms with Gasteiger partial charge < -0.3 is 5.73 Å². The van der Waals surface area contributed by atoms with Crippen molar-refractivity contribution >= 4 is 0 Å². The lowest BCUT2D eigenvalue weighted by Crippen LogP contribution is -1.97. The van der Waals surface area contributed by atoms with Crippen molar-refractivity contribution in [3.63, 3.8) is 0 Å². The van der Waals surface area contributed by atoms with Crippen molar-refractivity contribution in [1.29, 1.82) is 0 Å². The van der Waals surface area contributed by atoms with Gasteiger partial charge >= 0.3 is 0 Å². The van der Waals surface area contributed by atoms with Gasteiger partial charge in [0.1, 0.15) is 0 Å². The normalized spacial score (nSPS) is 17.9. The summed E-state index contributed by atoms with van der Waals surface area (Å²) in [6, 6.07) is 0. The van der Waals surface area contributed by atoms with Crippen LogP contribution >= 0.6 is 0 Å². The van der Waals surface area contributed by atoms with Crippen LogP contribution in [0.5, 0.6) is 0 Å². The Hall–Kier alpha value is -0.780. The summed E-state index contributed by atoms with van der Waals surface area (Å²) >= 11 is 0. The monoisotopic (exact) mass is 149 g/mol. The summed E-state index contributed by atoms with van der Waals surface area (Å²) < 4.78 is 0. The molecule has 11 heavy (non-hydrogen) atoms. The first-order valence-electron chi connectivity index (χ1n) is 4.17. The molecule has 1 rings (SSSR count). The van der Waals surface area contributed by atoms with Crippen molar-refractivity contribution in [3.05, 3.63) is 29.5 Å². The number of nitrogens with two attached hydrogens (primary N) is 1. The molecule has 0 unspecified atom stereocenters. The van der Waals surface area contributed by atoms with E-state index in [1.807, 2.05) is 6.08 Å². The molecule has 0 saturated heterocycles. The molecule has 0 aromatic heterocycles. The van der Waals surface area contributed by atoms with Crippen LogP contribution in [0.4, 0.5) is 0 Å². The number of hydrogen-bond donors (Lipinski definition) is 1. The number of hydrogen-bond acceptors (Lipinski definition) is 1. The Kier molecular flexibility index (Phi) is 3.15. The SMILES string of the molecule is C=C1CCCCC1=C=CCN. The minimum Gasteiger partial charge on any atom is -0.326 e. The van der Waals surface area contributed by atoms with Crippen LogP contribution in [0.1, 0.15) is 25.7 Å². The third kappa shape index (κ3) is 2.38. The fourth-order valence-corrected chi connectivity index (χ4v) is 1.32. The molecule has 1 fully saturated rings. The van der Waals surface area contributed by atoms with Crippen molar-refractivity contribution in [2.75, 3.05) is 6.54 Å². The summed E-state index contributed by atoms with van der Waals surface area (Å²) in [6.45, 7) is 4.57. The van der Waals surface area contributed by atoms with Crippen LogP contribution in [0.2, 0.25) is 0 Å². The van der Waals surface area contributed by atoms with Gasteiger partial charge in [-0.15, -0.1) is 5.73 Å². The van der Waals surface area contributed by atoms with E-state index < -0.39 is 0 Å². The lowest BCUT2D eigenvalue weighted by atomic mass is 9.91. The molecule has 0 atom stereocenters. The molecule has 0 heterocycles. The first kappa shape index (κ1) is 8.32. The third-order valence-corrected chi connectivity index (χ3v) is 1.98. The van der Waals surface area contributed by atoms with Gasteiger partial charge in [0.2, 0.25) is 0 Å². The Bertz CT molecular complexity index is 207. The molecule has 1 nitrogen and oxygen atoms in total. The molecule has 1 heteroatoms. The predicted octanol–water partition coefficient (Wildman–Crippen LogP) is 2.16. The van der Waals surface area contributed by atoms with E-state index in [-0.39, 0.29) is 0 Å². The molecular formula is C10H15N. The van der Waals surface area contributed by atoms with Crippen molar-refractivity contribution in [3.8, 4) is 0 Å². The first-order valence-corrected chi connectivity index (χ1v) is 4.17. The van der Waals surface area contributed by atoms with Crippen LogP contribution in [-0.4, -0.2) is 6.54 Å². The highest BCUT2D eigenvalue weighted by Gasteiger charge is 2.07. The third-order valence-electron chi connectivity index (χ3n) is 1.98. The zero-order chi connectivity index (χ0) is 8.10. The highest BCUT2D eigenvalue weighted by molar-refractivity contribution is 5.29. The van der Waals surface area contributed by atoms with Gasteiger partial charge in [-0.1, -0.05) is 6.58 Å². The van der Waals surface area contributed by atoms with E-state index in [1.54, 1.807) is 0 Å². The second-order valence-electron chi connectivity index (χ2n) is 2.87. The second kappa shape index (κ2) is 4.17. The zero-order valence-corrected chi connectivity index (χ0v) is 6.90. The summed E-state index contributed by atoms with van der Waals surface area (Å²) in [6.07, 6.45) is 6.72. The van der Waals surface area contributed by atoms with E-state index in [0.717, 1.165) is 12.8 Å². The van der Waals surface area contributed by atoms with Crippen LogP contribution in [0.25, 0.3) is 0 Å². The molecular weight excluding hydrogens is 134 g/mol. The number of allylic oxidation sites excluding steroid dienone is 1. The molecule has 0 aromatic rings. The lowest BCUT2D eigenvalue weighted by Gasteiger charge is -2.13. The largest absolute Gasteiger partial charge is 0.326 e. The Morgan fingerprint density at radius 3 is 2.82 bits per heavy atom. The first-order chi connectivity index (χ1) is 5.34. The maximum Gasteiger partial charge on any atom is 0.0182 e. The van der Waals surface area contributed by atoms with Gasteiger partial charge in [-0.25, -0.2) is 0 Å². The average molecular weight is 149 g/mol. The summed E-state index contributed by atoms with van der Waals surface area (Å²) in [5, 5.41) is 0. The Morgan fingerprint density at radius 1 is 1.45 bits per heavy atom. The van der Waals surface area contributed by atoms with Gasteiger partial charge in [-0.2, -0.15) is 0 Å². The smallest absolute Gasteiger partial charge is 0.0182 e. The molecule has 0 aliphatic heterocycles. The number of rotatable bonds is 1. The van der Waals surface area contributed by atoms with E-state index in [4.69, 9.17) is 5.73 Å². The van der Waals surface area contributed by atoms with Crippen molar-refractivity contribution in [2.45, 2.75) is 25.7 Å². The molecule has 0 bridgehead atoms. The van der Waals surface area contributed by atoms with Crippen LogP contribution in [0.15, 0.2) is 29.5 Å². The van der Waals surface area contributed by atoms with Gasteiger partial charge in [-0.3, -0.25) is 0 Å². The van der Waals surface area contributed by atoms with E-state index >= 15 is 0 Å². The molecule has 1 saturated carbocycles. The summed E-state index contributed by atoms with van der Waals surface area (Å²) in [7, 11) is 0. The molecule has 1 aliphatic rings. The van der Waals surface area contributed by atoms with Gasteiger partial charge in [-0.05, 0) is 42.9 Å². The fraction of sp³-hybridized carbons (Fsp3) is 0.500. The molecule has 0 amide bonds.